The number of likely N-dealkylation sites (tertiary alicyclic amines) is 1. The fourth-order valence-electron chi connectivity index (χ4n) is 4.05. The molecule has 2 atom stereocenters. The van der Waals surface area contributed by atoms with Crippen molar-refractivity contribution >= 4 is 5.91 Å². The summed E-state index contributed by atoms with van der Waals surface area (Å²) in [5.41, 5.74) is 3.55. The number of nitrogens with zero attached hydrogens (tertiary/aromatic N) is 4. The molecule has 1 aromatic heterocycles. The molecule has 5 nitrogen and oxygen atoms in total. The highest BCUT2D eigenvalue weighted by Gasteiger charge is 2.35. The van der Waals surface area contributed by atoms with Gasteiger partial charge in [0.25, 0.3) is 0 Å². The lowest BCUT2D eigenvalue weighted by Crippen LogP contribution is -2.36. The van der Waals surface area contributed by atoms with Crippen LogP contribution in [0.5, 0.6) is 0 Å². The van der Waals surface area contributed by atoms with E-state index < -0.39 is 0 Å². The number of rotatable bonds is 7. The Morgan fingerprint density at radius 3 is 2.48 bits per heavy atom. The highest BCUT2D eigenvalue weighted by Crippen LogP contribution is 2.24. The normalized spacial score (nSPS) is 20.9. The number of carbonyl (C=O) groups is 1. The Bertz CT molecular complexity index is 591. The maximum absolute atomic E-state index is 12.7. The largest absolute Gasteiger partial charge is 0.341 e. The van der Waals surface area contributed by atoms with Crippen LogP contribution in [0.4, 0.5) is 0 Å². The fourth-order valence-corrected chi connectivity index (χ4v) is 4.05. The first kappa shape index (κ1) is 20.0. The third-order valence-corrected chi connectivity index (χ3v) is 5.61. The van der Waals surface area contributed by atoms with E-state index in [1.165, 1.54) is 11.3 Å². The molecule has 0 spiro atoms. The Hall–Kier alpha value is -1.36. The molecule has 1 fully saturated rings. The second-order valence-corrected chi connectivity index (χ2v) is 8.22. The molecule has 0 bridgehead atoms. The third-order valence-electron chi connectivity index (χ3n) is 5.61. The highest BCUT2D eigenvalue weighted by molar-refractivity contribution is 5.77. The molecule has 1 saturated heterocycles. The number of aryl methyl sites for hydroxylation is 1. The molecule has 0 radical (unpaired) electrons. The van der Waals surface area contributed by atoms with E-state index in [0.29, 0.717) is 30.2 Å². The Morgan fingerprint density at radius 2 is 1.96 bits per heavy atom. The van der Waals surface area contributed by atoms with Crippen LogP contribution in [0.3, 0.4) is 0 Å². The summed E-state index contributed by atoms with van der Waals surface area (Å²) in [4.78, 5) is 17.1. The standard InChI is InChI=1S/C20H36N4O/c1-8-17-12-23(13-19(17)22(6)7)20(25)10-9-18-15(4)21-24(16(18)5)11-14(2)3/h14,17,19H,8-13H2,1-7H3/t17-,19-/m1/s1. The van der Waals surface area contributed by atoms with Gasteiger partial charge in [0.2, 0.25) is 5.91 Å². The minimum absolute atomic E-state index is 0.290. The Labute approximate surface area is 153 Å². The lowest BCUT2D eigenvalue weighted by atomic mass is 10.0. The molecule has 142 valence electrons. The first-order chi connectivity index (χ1) is 11.7. The zero-order valence-corrected chi connectivity index (χ0v) is 17.2. The average molecular weight is 349 g/mol. The topological polar surface area (TPSA) is 41.4 Å². The van der Waals surface area contributed by atoms with Crippen LogP contribution in [0.1, 0.15) is 50.6 Å². The maximum atomic E-state index is 12.7. The molecule has 2 heterocycles. The van der Waals surface area contributed by atoms with Gasteiger partial charge in [-0.1, -0.05) is 27.2 Å². The van der Waals surface area contributed by atoms with Crippen molar-refractivity contribution in [3.8, 4) is 0 Å². The van der Waals surface area contributed by atoms with Crippen LogP contribution in [-0.4, -0.2) is 58.7 Å². The van der Waals surface area contributed by atoms with Crippen molar-refractivity contribution in [3.63, 3.8) is 0 Å². The first-order valence-electron chi connectivity index (χ1n) is 9.71. The van der Waals surface area contributed by atoms with Crippen molar-refractivity contribution in [3.05, 3.63) is 17.0 Å². The van der Waals surface area contributed by atoms with Gasteiger partial charge in [0, 0.05) is 37.8 Å². The van der Waals surface area contributed by atoms with Crippen molar-refractivity contribution in [2.24, 2.45) is 11.8 Å². The summed E-state index contributed by atoms with van der Waals surface area (Å²) >= 11 is 0. The zero-order valence-electron chi connectivity index (χ0n) is 17.2. The number of likely N-dealkylation sites (N-methyl/N-ethyl adjacent to an activating group) is 1. The van der Waals surface area contributed by atoms with Crippen LogP contribution < -0.4 is 0 Å². The van der Waals surface area contributed by atoms with Crippen LogP contribution in [0.25, 0.3) is 0 Å². The van der Waals surface area contributed by atoms with Gasteiger partial charge in [0.1, 0.15) is 0 Å². The highest BCUT2D eigenvalue weighted by atomic mass is 16.2. The monoisotopic (exact) mass is 348 g/mol. The van der Waals surface area contributed by atoms with E-state index in [-0.39, 0.29) is 0 Å². The second kappa shape index (κ2) is 8.35. The molecule has 2 rings (SSSR count). The number of hydrogen-bond donors (Lipinski definition) is 0. The number of hydrogen-bond acceptors (Lipinski definition) is 3. The van der Waals surface area contributed by atoms with E-state index in [0.717, 1.165) is 38.2 Å². The zero-order chi connectivity index (χ0) is 18.7. The third kappa shape index (κ3) is 4.63. The summed E-state index contributed by atoms with van der Waals surface area (Å²) in [5, 5.41) is 4.67. The quantitative estimate of drug-likeness (QED) is 0.761. The van der Waals surface area contributed by atoms with Crippen molar-refractivity contribution in [1.29, 1.82) is 0 Å². The van der Waals surface area contributed by atoms with Gasteiger partial charge >= 0.3 is 0 Å². The smallest absolute Gasteiger partial charge is 0.222 e. The molecule has 1 amide bonds. The molecule has 5 heteroatoms. The molecule has 0 unspecified atom stereocenters. The molecule has 0 N–H and O–H groups in total. The predicted molar refractivity (Wildman–Crippen MR) is 103 cm³/mol. The van der Waals surface area contributed by atoms with Crippen LogP contribution >= 0.6 is 0 Å². The summed E-state index contributed by atoms with van der Waals surface area (Å²) in [6, 6.07) is 0.492. The SMILES string of the molecule is CC[C@@H]1CN(C(=O)CCc2c(C)nn(CC(C)C)c2C)C[C@H]1N(C)C. The Morgan fingerprint density at radius 1 is 1.28 bits per heavy atom. The van der Waals surface area contributed by atoms with Gasteiger partial charge in [0.15, 0.2) is 0 Å². The minimum atomic E-state index is 0.290. The lowest BCUT2D eigenvalue weighted by molar-refractivity contribution is -0.130. The molecule has 0 aliphatic carbocycles. The van der Waals surface area contributed by atoms with Crippen molar-refractivity contribution < 1.29 is 4.79 Å². The number of aromatic nitrogens is 2. The Kier molecular flexibility index (Phi) is 6.66. The van der Waals surface area contributed by atoms with E-state index in [2.05, 4.69) is 68.3 Å². The molecular weight excluding hydrogens is 312 g/mol. The summed E-state index contributed by atoms with van der Waals surface area (Å²) < 4.78 is 2.10. The first-order valence-corrected chi connectivity index (χ1v) is 9.71. The Balaban J connectivity index is 1.98. The molecule has 25 heavy (non-hydrogen) atoms. The summed E-state index contributed by atoms with van der Waals surface area (Å²) in [6.45, 7) is 13.6. The molecule has 1 aliphatic rings. The van der Waals surface area contributed by atoms with Gasteiger partial charge in [-0.2, -0.15) is 5.10 Å². The van der Waals surface area contributed by atoms with Crippen molar-refractivity contribution in [2.75, 3.05) is 27.2 Å². The predicted octanol–water partition coefficient (Wildman–Crippen LogP) is 2.89. The molecule has 0 saturated carbocycles. The van der Waals surface area contributed by atoms with Gasteiger partial charge < -0.3 is 9.80 Å². The fraction of sp³-hybridized carbons (Fsp3) is 0.800. The van der Waals surface area contributed by atoms with E-state index in [9.17, 15) is 4.79 Å². The summed E-state index contributed by atoms with van der Waals surface area (Å²) in [5.74, 6) is 1.46. The molecule has 0 aromatic carbocycles. The van der Waals surface area contributed by atoms with E-state index in [1.807, 2.05) is 0 Å². The number of carbonyl (C=O) groups excluding carboxylic acids is 1. The van der Waals surface area contributed by atoms with E-state index in [1.54, 1.807) is 0 Å². The second-order valence-electron chi connectivity index (χ2n) is 8.22. The molecular formula is C20H36N4O. The minimum Gasteiger partial charge on any atom is -0.341 e. The summed E-state index contributed by atoms with van der Waals surface area (Å²) in [7, 11) is 4.24. The van der Waals surface area contributed by atoms with Crippen molar-refractivity contribution in [1.82, 2.24) is 19.6 Å². The van der Waals surface area contributed by atoms with Crippen LogP contribution in [0, 0.1) is 25.7 Å². The number of amides is 1. The van der Waals surface area contributed by atoms with Crippen LogP contribution in [0.15, 0.2) is 0 Å². The van der Waals surface area contributed by atoms with Gasteiger partial charge in [-0.25, -0.2) is 0 Å². The van der Waals surface area contributed by atoms with E-state index in [4.69, 9.17) is 0 Å². The van der Waals surface area contributed by atoms with Crippen LogP contribution in [0.2, 0.25) is 0 Å². The lowest BCUT2D eigenvalue weighted by Gasteiger charge is -2.23. The van der Waals surface area contributed by atoms with Gasteiger partial charge in [-0.3, -0.25) is 9.48 Å². The van der Waals surface area contributed by atoms with Gasteiger partial charge in [-0.05, 0) is 51.8 Å². The van der Waals surface area contributed by atoms with Gasteiger partial charge in [0.05, 0.1) is 5.69 Å². The maximum Gasteiger partial charge on any atom is 0.222 e. The van der Waals surface area contributed by atoms with Crippen molar-refractivity contribution in [2.45, 2.75) is 66.5 Å². The van der Waals surface area contributed by atoms with Crippen LogP contribution in [-0.2, 0) is 17.8 Å². The molecule has 1 aromatic rings. The van der Waals surface area contributed by atoms with E-state index >= 15 is 0 Å². The van der Waals surface area contributed by atoms with Gasteiger partial charge in [-0.15, -0.1) is 0 Å². The summed E-state index contributed by atoms with van der Waals surface area (Å²) in [6.07, 6.45) is 2.52. The average Bonchev–Trinajstić information content (AvgIpc) is 3.07. The molecule has 1 aliphatic heterocycles.